The Balaban J connectivity index is 2.37. The van der Waals surface area contributed by atoms with Crippen molar-refractivity contribution in [2.75, 3.05) is 12.3 Å². The lowest BCUT2D eigenvalue weighted by Gasteiger charge is -2.22. The van der Waals surface area contributed by atoms with Crippen molar-refractivity contribution in [1.82, 2.24) is 9.55 Å². The largest absolute Gasteiger partial charge is 0.394 e. The predicted octanol–water partition coefficient (Wildman–Crippen LogP) is -0.166. The van der Waals surface area contributed by atoms with Gasteiger partial charge in [-0.25, -0.2) is 9.18 Å². The molecule has 1 unspecified atom stereocenters. The molecule has 1 aliphatic heterocycles. The van der Waals surface area contributed by atoms with E-state index in [4.69, 9.17) is 15.6 Å². The summed E-state index contributed by atoms with van der Waals surface area (Å²) in [5, 5.41) is 8.96. The fourth-order valence-electron chi connectivity index (χ4n) is 1.99. The molecule has 3 N–H and O–H groups in total. The van der Waals surface area contributed by atoms with Crippen molar-refractivity contribution in [1.29, 1.82) is 0 Å². The third kappa shape index (κ3) is 2.16. The van der Waals surface area contributed by atoms with Crippen LogP contribution in [0.4, 0.5) is 10.2 Å². The molecule has 2 heterocycles. The molecule has 1 aromatic heterocycles. The molecule has 0 aromatic carbocycles. The van der Waals surface area contributed by atoms with Gasteiger partial charge < -0.3 is 15.6 Å². The molecule has 1 saturated heterocycles. The highest BCUT2D eigenvalue weighted by Gasteiger charge is 2.47. The van der Waals surface area contributed by atoms with Gasteiger partial charge in [0.05, 0.1) is 12.7 Å². The first-order valence-electron chi connectivity index (χ1n) is 5.24. The summed E-state index contributed by atoms with van der Waals surface area (Å²) in [6.45, 7) is 1.04. The number of halogens is 1. The standard InChI is InChI=1S/C10H14FN3O3/c1-10(11)4-6(5-15)17-8(10)14-3-2-7(12)13-9(14)16/h2-3,6,8,15H,4-5H2,1H3,(H2,12,13,16)/t6-,8?,10+/m0/s1. The topological polar surface area (TPSA) is 90.4 Å². The lowest BCUT2D eigenvalue weighted by molar-refractivity contribution is -0.0609. The van der Waals surface area contributed by atoms with E-state index in [2.05, 4.69) is 4.98 Å². The van der Waals surface area contributed by atoms with E-state index in [1.165, 1.54) is 19.2 Å². The first kappa shape index (κ1) is 12.0. The number of aliphatic hydroxyl groups excluding tert-OH is 1. The number of hydrogen-bond acceptors (Lipinski definition) is 5. The summed E-state index contributed by atoms with van der Waals surface area (Å²) in [6.07, 6.45) is -0.322. The van der Waals surface area contributed by atoms with Crippen LogP contribution in [0, 0.1) is 0 Å². The van der Waals surface area contributed by atoms with Gasteiger partial charge >= 0.3 is 5.69 Å². The number of alkyl halides is 1. The first-order chi connectivity index (χ1) is 7.94. The summed E-state index contributed by atoms with van der Waals surface area (Å²) < 4.78 is 20.6. The summed E-state index contributed by atoms with van der Waals surface area (Å²) in [6, 6.07) is 1.40. The molecule has 0 aliphatic carbocycles. The zero-order chi connectivity index (χ0) is 12.6. The van der Waals surface area contributed by atoms with Gasteiger partial charge in [-0.05, 0) is 13.0 Å². The van der Waals surface area contributed by atoms with Gasteiger partial charge in [-0.3, -0.25) is 4.57 Å². The molecule has 1 aromatic rings. The van der Waals surface area contributed by atoms with E-state index in [1.807, 2.05) is 0 Å². The second-order valence-electron chi connectivity index (χ2n) is 4.32. The van der Waals surface area contributed by atoms with Gasteiger partial charge in [0, 0.05) is 12.6 Å². The molecule has 0 saturated carbocycles. The monoisotopic (exact) mass is 243 g/mol. The number of nitrogens with zero attached hydrogens (tertiary/aromatic N) is 2. The molecule has 1 aliphatic rings. The fraction of sp³-hybridized carbons (Fsp3) is 0.600. The Labute approximate surface area is 96.8 Å². The van der Waals surface area contributed by atoms with Gasteiger partial charge in [0.25, 0.3) is 0 Å². The molecule has 3 atom stereocenters. The number of ether oxygens (including phenoxy) is 1. The van der Waals surface area contributed by atoms with Crippen LogP contribution >= 0.6 is 0 Å². The van der Waals surface area contributed by atoms with E-state index < -0.39 is 23.7 Å². The molecule has 2 rings (SSSR count). The van der Waals surface area contributed by atoms with Crippen LogP contribution in [-0.4, -0.2) is 33.0 Å². The lowest BCUT2D eigenvalue weighted by atomic mass is 10.0. The summed E-state index contributed by atoms with van der Waals surface area (Å²) in [5.41, 5.74) is 2.95. The molecule has 6 nitrogen and oxygen atoms in total. The maximum absolute atomic E-state index is 14.2. The summed E-state index contributed by atoms with van der Waals surface area (Å²) in [7, 11) is 0. The number of rotatable bonds is 2. The number of hydrogen-bond donors (Lipinski definition) is 2. The zero-order valence-electron chi connectivity index (χ0n) is 9.34. The van der Waals surface area contributed by atoms with Crippen LogP contribution in [0.15, 0.2) is 17.1 Å². The average molecular weight is 243 g/mol. The second-order valence-corrected chi connectivity index (χ2v) is 4.32. The third-order valence-electron chi connectivity index (χ3n) is 2.77. The van der Waals surface area contributed by atoms with Crippen molar-refractivity contribution in [3.05, 3.63) is 22.7 Å². The SMILES string of the molecule is C[C@@]1(F)C[C@@H](CO)OC1n1ccc(N)nc1=O. The smallest absolute Gasteiger partial charge is 0.351 e. The van der Waals surface area contributed by atoms with Crippen LogP contribution in [0.5, 0.6) is 0 Å². The molecule has 0 bridgehead atoms. The molecule has 94 valence electrons. The van der Waals surface area contributed by atoms with E-state index in [9.17, 15) is 9.18 Å². The number of nitrogen functional groups attached to an aromatic ring is 1. The predicted molar refractivity (Wildman–Crippen MR) is 58.0 cm³/mol. The first-order valence-corrected chi connectivity index (χ1v) is 5.24. The Kier molecular flexibility index (Phi) is 2.88. The van der Waals surface area contributed by atoms with Crippen LogP contribution in [0.1, 0.15) is 19.6 Å². The van der Waals surface area contributed by atoms with Crippen LogP contribution < -0.4 is 11.4 Å². The van der Waals surface area contributed by atoms with Crippen LogP contribution in [-0.2, 0) is 4.74 Å². The minimum atomic E-state index is -1.73. The Morgan fingerprint density at radius 2 is 2.53 bits per heavy atom. The Morgan fingerprint density at radius 1 is 1.82 bits per heavy atom. The van der Waals surface area contributed by atoms with E-state index in [1.54, 1.807) is 0 Å². The maximum Gasteiger partial charge on any atom is 0.351 e. The summed E-state index contributed by atoms with van der Waals surface area (Å²) in [5.74, 6) is 0.0727. The molecule has 7 heteroatoms. The van der Waals surface area contributed by atoms with E-state index in [0.717, 1.165) is 4.57 Å². The van der Waals surface area contributed by atoms with Crippen molar-refractivity contribution < 1.29 is 14.2 Å². The number of aliphatic hydroxyl groups is 1. The highest BCUT2D eigenvalue weighted by Crippen LogP contribution is 2.39. The lowest BCUT2D eigenvalue weighted by Crippen LogP contribution is -2.35. The molecule has 1 fully saturated rings. The van der Waals surface area contributed by atoms with E-state index in [-0.39, 0.29) is 18.8 Å². The van der Waals surface area contributed by atoms with Gasteiger partial charge in [0.1, 0.15) is 5.82 Å². The van der Waals surface area contributed by atoms with Crippen LogP contribution in [0.25, 0.3) is 0 Å². The van der Waals surface area contributed by atoms with Gasteiger partial charge in [-0.15, -0.1) is 0 Å². The normalized spacial score (nSPS) is 32.9. The van der Waals surface area contributed by atoms with Crippen molar-refractivity contribution in [2.24, 2.45) is 0 Å². The average Bonchev–Trinajstić information content (AvgIpc) is 2.54. The van der Waals surface area contributed by atoms with Crippen LogP contribution in [0.2, 0.25) is 0 Å². The molecule has 0 spiro atoms. The molecular weight excluding hydrogens is 229 g/mol. The number of nitrogens with two attached hydrogens (primary N) is 1. The van der Waals surface area contributed by atoms with Gasteiger partial charge in [-0.1, -0.05) is 0 Å². The second kappa shape index (κ2) is 4.08. The van der Waals surface area contributed by atoms with Crippen molar-refractivity contribution in [3.8, 4) is 0 Å². The minimum Gasteiger partial charge on any atom is -0.394 e. The van der Waals surface area contributed by atoms with Crippen molar-refractivity contribution in [3.63, 3.8) is 0 Å². The number of aromatic nitrogens is 2. The van der Waals surface area contributed by atoms with Gasteiger partial charge in [-0.2, -0.15) is 4.98 Å². The maximum atomic E-state index is 14.2. The Bertz CT molecular complexity index is 474. The molecule has 0 amide bonds. The van der Waals surface area contributed by atoms with Gasteiger partial charge in [0.15, 0.2) is 11.9 Å². The fourth-order valence-corrected chi connectivity index (χ4v) is 1.99. The molecular formula is C10H14FN3O3. The zero-order valence-corrected chi connectivity index (χ0v) is 9.34. The summed E-state index contributed by atoms with van der Waals surface area (Å²) in [4.78, 5) is 15.1. The van der Waals surface area contributed by atoms with Gasteiger partial charge in [0.2, 0.25) is 0 Å². The highest BCUT2D eigenvalue weighted by molar-refractivity contribution is 5.23. The third-order valence-corrected chi connectivity index (χ3v) is 2.77. The Hall–Kier alpha value is -1.47. The quantitative estimate of drug-likeness (QED) is 0.752. The van der Waals surface area contributed by atoms with E-state index in [0.29, 0.717) is 0 Å². The Morgan fingerprint density at radius 3 is 3.06 bits per heavy atom. The molecule has 17 heavy (non-hydrogen) atoms. The van der Waals surface area contributed by atoms with Crippen LogP contribution in [0.3, 0.4) is 0 Å². The van der Waals surface area contributed by atoms with Crippen molar-refractivity contribution in [2.45, 2.75) is 31.3 Å². The minimum absolute atomic E-state index is 0.0327. The highest BCUT2D eigenvalue weighted by atomic mass is 19.1. The van der Waals surface area contributed by atoms with E-state index >= 15 is 0 Å². The summed E-state index contributed by atoms with van der Waals surface area (Å²) >= 11 is 0. The molecule has 0 radical (unpaired) electrons. The van der Waals surface area contributed by atoms with Crippen molar-refractivity contribution >= 4 is 5.82 Å². The number of anilines is 1.